The summed E-state index contributed by atoms with van der Waals surface area (Å²) < 4.78 is 0.887. The number of halogens is 1. The van der Waals surface area contributed by atoms with E-state index in [0.29, 0.717) is 5.95 Å². The van der Waals surface area contributed by atoms with Crippen molar-refractivity contribution in [3.05, 3.63) is 38.3 Å². The largest absolute Gasteiger partial charge is 0.348 e. The van der Waals surface area contributed by atoms with Crippen molar-refractivity contribution < 1.29 is 0 Å². The summed E-state index contributed by atoms with van der Waals surface area (Å²) in [5.41, 5.74) is 1.32. The van der Waals surface area contributed by atoms with Gasteiger partial charge in [0.1, 0.15) is 0 Å². The van der Waals surface area contributed by atoms with Gasteiger partial charge in [0, 0.05) is 22.1 Å². The number of aryl methyl sites for hydroxylation is 2. The van der Waals surface area contributed by atoms with E-state index in [0.717, 1.165) is 4.47 Å². The molecule has 0 amide bonds. The topological polar surface area (TPSA) is 37.8 Å². The molecule has 5 heteroatoms. The van der Waals surface area contributed by atoms with Crippen LogP contribution in [0.1, 0.15) is 28.3 Å². The van der Waals surface area contributed by atoms with Gasteiger partial charge in [0.05, 0.1) is 10.5 Å². The molecule has 2 heterocycles. The summed E-state index contributed by atoms with van der Waals surface area (Å²) >= 11 is 5.14. The molecular formula is C12H14BrN3S. The molecule has 0 saturated heterocycles. The maximum atomic E-state index is 4.21. The summed E-state index contributed by atoms with van der Waals surface area (Å²) in [6, 6.07) is 2.44. The predicted molar refractivity (Wildman–Crippen MR) is 75.6 cm³/mol. The Morgan fingerprint density at radius 1 is 1.29 bits per heavy atom. The summed E-state index contributed by atoms with van der Waals surface area (Å²) in [6.07, 6.45) is 3.49. The summed E-state index contributed by atoms with van der Waals surface area (Å²) in [5, 5.41) is 3.30. The number of hydrogen-bond acceptors (Lipinski definition) is 4. The Morgan fingerprint density at radius 3 is 2.47 bits per heavy atom. The molecule has 0 spiro atoms. The highest BCUT2D eigenvalue weighted by Crippen LogP contribution is 2.27. The van der Waals surface area contributed by atoms with Crippen molar-refractivity contribution in [2.45, 2.75) is 26.8 Å². The van der Waals surface area contributed by atoms with Gasteiger partial charge in [0.25, 0.3) is 0 Å². The van der Waals surface area contributed by atoms with E-state index in [9.17, 15) is 0 Å². The Hall–Kier alpha value is -0.940. The fraction of sp³-hybridized carbons (Fsp3) is 0.333. The van der Waals surface area contributed by atoms with Crippen LogP contribution in [0.25, 0.3) is 0 Å². The van der Waals surface area contributed by atoms with Gasteiger partial charge in [0.2, 0.25) is 5.95 Å². The Kier molecular flexibility index (Phi) is 3.79. The zero-order valence-electron chi connectivity index (χ0n) is 9.99. The number of rotatable bonds is 3. The van der Waals surface area contributed by atoms with E-state index in [-0.39, 0.29) is 6.04 Å². The maximum Gasteiger partial charge on any atom is 0.223 e. The van der Waals surface area contributed by atoms with E-state index < -0.39 is 0 Å². The zero-order chi connectivity index (χ0) is 12.4. The van der Waals surface area contributed by atoms with Gasteiger partial charge in [-0.25, -0.2) is 9.97 Å². The highest BCUT2D eigenvalue weighted by atomic mass is 79.9. The minimum atomic E-state index is 0.223. The third kappa shape index (κ3) is 3.04. The van der Waals surface area contributed by atoms with Crippen LogP contribution in [0.4, 0.5) is 5.95 Å². The molecule has 1 N–H and O–H groups in total. The van der Waals surface area contributed by atoms with Crippen LogP contribution in [0, 0.1) is 13.8 Å². The average molecular weight is 312 g/mol. The predicted octanol–water partition coefficient (Wildman–Crippen LogP) is 4.09. The molecule has 1 unspecified atom stereocenters. The number of thiophene rings is 1. The van der Waals surface area contributed by atoms with Crippen LogP contribution in [0.15, 0.2) is 22.9 Å². The summed E-state index contributed by atoms with van der Waals surface area (Å²) in [5.74, 6) is 0.656. The summed E-state index contributed by atoms with van der Waals surface area (Å²) in [6.45, 7) is 6.40. The van der Waals surface area contributed by atoms with Gasteiger partial charge in [-0.3, -0.25) is 0 Å². The molecule has 0 aromatic carbocycles. The third-order valence-electron chi connectivity index (χ3n) is 2.51. The van der Waals surface area contributed by atoms with Crippen LogP contribution >= 0.6 is 27.3 Å². The summed E-state index contributed by atoms with van der Waals surface area (Å²) in [7, 11) is 0. The van der Waals surface area contributed by atoms with E-state index >= 15 is 0 Å². The standard InChI is InChI=1S/C12H14BrN3S/c1-7-4-11(9(3)17-7)8(2)16-12-14-5-10(13)6-15-12/h4-6,8H,1-3H3,(H,14,15,16). The van der Waals surface area contributed by atoms with Crippen LogP contribution in [0.5, 0.6) is 0 Å². The lowest BCUT2D eigenvalue weighted by Crippen LogP contribution is -2.09. The lowest BCUT2D eigenvalue weighted by molar-refractivity contribution is 0.857. The second kappa shape index (κ2) is 5.14. The molecule has 17 heavy (non-hydrogen) atoms. The number of nitrogens with zero attached hydrogens (tertiary/aromatic N) is 2. The second-order valence-corrected chi connectivity index (χ2v) is 6.34. The van der Waals surface area contributed by atoms with E-state index in [1.807, 2.05) is 11.3 Å². The van der Waals surface area contributed by atoms with Crippen molar-refractivity contribution in [3.8, 4) is 0 Å². The molecule has 0 radical (unpaired) electrons. The fourth-order valence-electron chi connectivity index (χ4n) is 1.74. The van der Waals surface area contributed by atoms with Crippen molar-refractivity contribution >= 4 is 33.2 Å². The Bertz CT molecular complexity index is 507. The first-order chi connectivity index (χ1) is 8.06. The van der Waals surface area contributed by atoms with Crippen molar-refractivity contribution in [3.63, 3.8) is 0 Å². The molecular weight excluding hydrogens is 298 g/mol. The molecule has 2 aromatic heterocycles. The molecule has 0 aliphatic rings. The van der Waals surface area contributed by atoms with Crippen LogP contribution in [0.2, 0.25) is 0 Å². The molecule has 0 fully saturated rings. The van der Waals surface area contributed by atoms with Gasteiger partial charge in [-0.15, -0.1) is 11.3 Å². The molecule has 2 rings (SSSR count). The molecule has 2 aromatic rings. The van der Waals surface area contributed by atoms with Gasteiger partial charge in [-0.05, 0) is 48.3 Å². The molecule has 0 saturated carbocycles. The minimum Gasteiger partial charge on any atom is -0.348 e. The van der Waals surface area contributed by atoms with Crippen molar-refractivity contribution in [1.29, 1.82) is 0 Å². The highest BCUT2D eigenvalue weighted by Gasteiger charge is 2.11. The number of anilines is 1. The van der Waals surface area contributed by atoms with Gasteiger partial charge >= 0.3 is 0 Å². The highest BCUT2D eigenvalue weighted by molar-refractivity contribution is 9.10. The van der Waals surface area contributed by atoms with E-state index in [4.69, 9.17) is 0 Å². The van der Waals surface area contributed by atoms with E-state index in [2.05, 4.69) is 58.1 Å². The van der Waals surface area contributed by atoms with Crippen LogP contribution < -0.4 is 5.32 Å². The van der Waals surface area contributed by atoms with Crippen molar-refractivity contribution in [2.75, 3.05) is 5.32 Å². The molecule has 0 aliphatic carbocycles. The molecule has 1 atom stereocenters. The van der Waals surface area contributed by atoms with Crippen LogP contribution in [-0.4, -0.2) is 9.97 Å². The lowest BCUT2D eigenvalue weighted by atomic mass is 10.1. The van der Waals surface area contributed by atoms with Gasteiger partial charge in [-0.1, -0.05) is 0 Å². The Labute approximate surface area is 113 Å². The first-order valence-corrected chi connectivity index (χ1v) is 6.98. The first kappa shape index (κ1) is 12.5. The van der Waals surface area contributed by atoms with Crippen LogP contribution in [-0.2, 0) is 0 Å². The van der Waals surface area contributed by atoms with Gasteiger partial charge in [0.15, 0.2) is 0 Å². The van der Waals surface area contributed by atoms with Crippen molar-refractivity contribution in [2.24, 2.45) is 0 Å². The fourth-order valence-corrected chi connectivity index (χ4v) is 2.97. The van der Waals surface area contributed by atoms with Gasteiger partial charge in [-0.2, -0.15) is 0 Å². The van der Waals surface area contributed by atoms with E-state index in [1.165, 1.54) is 15.3 Å². The third-order valence-corrected chi connectivity index (χ3v) is 3.90. The van der Waals surface area contributed by atoms with Gasteiger partial charge < -0.3 is 5.32 Å². The van der Waals surface area contributed by atoms with E-state index in [1.54, 1.807) is 12.4 Å². The second-order valence-electron chi connectivity index (χ2n) is 3.96. The quantitative estimate of drug-likeness (QED) is 0.927. The van der Waals surface area contributed by atoms with Crippen LogP contribution in [0.3, 0.4) is 0 Å². The van der Waals surface area contributed by atoms with Crippen molar-refractivity contribution in [1.82, 2.24) is 9.97 Å². The number of nitrogens with one attached hydrogen (secondary N) is 1. The number of aromatic nitrogens is 2. The molecule has 0 aliphatic heterocycles. The summed E-state index contributed by atoms with van der Waals surface area (Å²) in [4.78, 5) is 11.1. The minimum absolute atomic E-state index is 0.223. The first-order valence-electron chi connectivity index (χ1n) is 5.37. The average Bonchev–Trinajstić information content (AvgIpc) is 2.61. The Balaban J connectivity index is 2.14. The lowest BCUT2D eigenvalue weighted by Gasteiger charge is -2.13. The maximum absolute atomic E-state index is 4.21. The smallest absolute Gasteiger partial charge is 0.223 e. The monoisotopic (exact) mass is 311 g/mol. The molecule has 90 valence electrons. The Morgan fingerprint density at radius 2 is 1.94 bits per heavy atom. The molecule has 0 bridgehead atoms. The zero-order valence-corrected chi connectivity index (χ0v) is 12.4. The molecule has 3 nitrogen and oxygen atoms in total. The normalized spacial score (nSPS) is 12.5. The number of hydrogen-bond donors (Lipinski definition) is 1. The SMILES string of the molecule is Cc1cc(C(C)Nc2ncc(Br)cn2)c(C)s1.